The molecular weight excluding hydrogens is 338 g/mol. The number of hydrogen-bond donors (Lipinski definition) is 2. The van der Waals surface area contributed by atoms with E-state index in [1.165, 1.54) is 11.8 Å². The van der Waals surface area contributed by atoms with Crippen LogP contribution < -0.4 is 5.32 Å². The van der Waals surface area contributed by atoms with Gasteiger partial charge in [0.1, 0.15) is 5.76 Å². The Morgan fingerprint density at radius 3 is 2.92 bits per heavy atom. The summed E-state index contributed by atoms with van der Waals surface area (Å²) in [5.74, 6) is -0.171. The molecule has 24 heavy (non-hydrogen) atoms. The molecule has 2 amide bonds. The third kappa shape index (κ3) is 5.85. The van der Waals surface area contributed by atoms with Crippen molar-refractivity contribution in [2.45, 2.75) is 19.4 Å². The summed E-state index contributed by atoms with van der Waals surface area (Å²) >= 11 is 1.19. The second-order valence-corrected chi connectivity index (χ2v) is 6.28. The Morgan fingerprint density at radius 1 is 1.46 bits per heavy atom. The van der Waals surface area contributed by atoms with Gasteiger partial charge in [0, 0.05) is 19.2 Å². The summed E-state index contributed by atoms with van der Waals surface area (Å²) in [6.45, 7) is 2.73. The Kier molecular flexibility index (Phi) is 6.62. The van der Waals surface area contributed by atoms with Crippen molar-refractivity contribution in [3.05, 3.63) is 11.8 Å². The predicted molar refractivity (Wildman–Crippen MR) is 85.8 cm³/mol. The largest absolute Gasteiger partial charge is 0.481 e. The number of anilines is 1. The minimum Gasteiger partial charge on any atom is -0.481 e. The minimum atomic E-state index is -0.955. The molecule has 2 rings (SSSR count). The maximum absolute atomic E-state index is 12.1. The number of carbonyl (C=O) groups excluding carboxylic acids is 2. The Labute approximate surface area is 142 Å². The molecule has 1 aromatic heterocycles. The maximum atomic E-state index is 12.1. The van der Waals surface area contributed by atoms with Crippen LogP contribution in [0, 0.1) is 6.92 Å². The van der Waals surface area contributed by atoms with Gasteiger partial charge in [-0.15, -0.1) is 11.8 Å². The molecular formula is C14H19N3O6S. The molecule has 1 atom stereocenters. The lowest BCUT2D eigenvalue weighted by Crippen LogP contribution is -2.47. The van der Waals surface area contributed by atoms with Crippen molar-refractivity contribution in [2.24, 2.45) is 0 Å². The van der Waals surface area contributed by atoms with Crippen LogP contribution in [0.2, 0.25) is 0 Å². The first-order valence-electron chi connectivity index (χ1n) is 7.36. The molecule has 132 valence electrons. The summed E-state index contributed by atoms with van der Waals surface area (Å²) in [7, 11) is 0. The highest BCUT2D eigenvalue weighted by Crippen LogP contribution is 2.12. The van der Waals surface area contributed by atoms with Crippen LogP contribution in [-0.2, 0) is 19.1 Å². The lowest BCUT2D eigenvalue weighted by molar-refractivity contribution is -0.146. The van der Waals surface area contributed by atoms with Gasteiger partial charge >= 0.3 is 5.97 Å². The van der Waals surface area contributed by atoms with E-state index in [4.69, 9.17) is 14.4 Å². The highest BCUT2D eigenvalue weighted by molar-refractivity contribution is 8.00. The summed E-state index contributed by atoms with van der Waals surface area (Å²) in [5, 5.41) is 15.0. The first-order valence-corrected chi connectivity index (χ1v) is 8.51. The van der Waals surface area contributed by atoms with Crippen molar-refractivity contribution in [2.75, 3.05) is 36.5 Å². The highest BCUT2D eigenvalue weighted by atomic mass is 32.2. The smallest absolute Gasteiger partial charge is 0.306 e. The number of nitrogens with one attached hydrogen (secondary N) is 1. The monoisotopic (exact) mass is 357 g/mol. The molecule has 2 heterocycles. The van der Waals surface area contributed by atoms with E-state index < -0.39 is 12.1 Å². The van der Waals surface area contributed by atoms with Crippen LogP contribution in [0.25, 0.3) is 0 Å². The fourth-order valence-corrected chi connectivity index (χ4v) is 2.91. The Bertz CT molecular complexity index is 605. The third-order valence-electron chi connectivity index (χ3n) is 3.25. The number of carboxylic acids is 1. The number of aliphatic carboxylic acids is 1. The van der Waals surface area contributed by atoms with Gasteiger partial charge in [-0.1, -0.05) is 5.16 Å². The van der Waals surface area contributed by atoms with Crippen molar-refractivity contribution >= 4 is 35.4 Å². The van der Waals surface area contributed by atoms with Gasteiger partial charge in [-0.05, 0) is 6.92 Å². The van der Waals surface area contributed by atoms with Gasteiger partial charge in [-0.2, -0.15) is 0 Å². The van der Waals surface area contributed by atoms with Crippen molar-refractivity contribution < 1.29 is 28.8 Å². The molecule has 10 heteroatoms. The van der Waals surface area contributed by atoms with Crippen LogP contribution >= 0.6 is 11.8 Å². The number of thioether (sulfide) groups is 1. The first-order chi connectivity index (χ1) is 11.4. The van der Waals surface area contributed by atoms with Crippen LogP contribution in [0.5, 0.6) is 0 Å². The van der Waals surface area contributed by atoms with Crippen molar-refractivity contribution in [1.29, 1.82) is 0 Å². The summed E-state index contributed by atoms with van der Waals surface area (Å²) < 4.78 is 10.2. The third-order valence-corrected chi connectivity index (χ3v) is 4.17. The van der Waals surface area contributed by atoms with Gasteiger partial charge < -0.3 is 24.6 Å². The van der Waals surface area contributed by atoms with Gasteiger partial charge in [-0.3, -0.25) is 14.4 Å². The van der Waals surface area contributed by atoms with Crippen LogP contribution in [0.3, 0.4) is 0 Å². The summed E-state index contributed by atoms with van der Waals surface area (Å²) in [5.41, 5.74) is 0. The molecule has 9 nitrogen and oxygen atoms in total. The zero-order valence-corrected chi connectivity index (χ0v) is 14.0. The van der Waals surface area contributed by atoms with Crippen LogP contribution in [0.1, 0.15) is 12.2 Å². The van der Waals surface area contributed by atoms with E-state index in [-0.39, 0.29) is 36.3 Å². The second kappa shape index (κ2) is 8.69. The van der Waals surface area contributed by atoms with Gasteiger partial charge in [0.2, 0.25) is 11.8 Å². The van der Waals surface area contributed by atoms with Crippen molar-refractivity contribution in [1.82, 2.24) is 10.1 Å². The number of carboxylic acid groups (broad SMARTS) is 1. The molecule has 0 bridgehead atoms. The normalized spacial score (nSPS) is 17.5. The standard InChI is InChI=1S/C14H19N3O6S/c1-9-4-11(16-23-9)15-12(18)7-24-8-13(19)17-2-3-22-10(6-17)5-14(20)21/h4,10H,2-3,5-8H2,1H3,(H,20,21)(H,15,16,18). The van der Waals surface area contributed by atoms with Crippen molar-refractivity contribution in [3.8, 4) is 0 Å². The second-order valence-electron chi connectivity index (χ2n) is 5.29. The molecule has 0 aliphatic carbocycles. The Hall–Kier alpha value is -2.07. The number of hydrogen-bond acceptors (Lipinski definition) is 7. The number of ether oxygens (including phenoxy) is 1. The lowest BCUT2D eigenvalue weighted by atomic mass is 10.2. The Morgan fingerprint density at radius 2 is 2.25 bits per heavy atom. The molecule has 0 saturated carbocycles. The fraction of sp³-hybridized carbons (Fsp3) is 0.571. The number of aryl methyl sites for hydroxylation is 1. The average Bonchev–Trinajstić information content (AvgIpc) is 2.91. The fourth-order valence-electron chi connectivity index (χ4n) is 2.19. The van der Waals surface area contributed by atoms with E-state index in [1.54, 1.807) is 17.9 Å². The Balaban J connectivity index is 1.68. The number of carbonyl (C=O) groups is 3. The van der Waals surface area contributed by atoms with E-state index in [1.807, 2.05) is 0 Å². The molecule has 0 radical (unpaired) electrons. The van der Waals surface area contributed by atoms with Crippen LogP contribution in [0.4, 0.5) is 5.82 Å². The van der Waals surface area contributed by atoms with E-state index in [9.17, 15) is 14.4 Å². The van der Waals surface area contributed by atoms with Gasteiger partial charge in [-0.25, -0.2) is 0 Å². The summed E-state index contributed by atoms with van der Waals surface area (Å²) in [6.07, 6.45) is -0.611. The SMILES string of the molecule is Cc1cc(NC(=O)CSCC(=O)N2CCOC(CC(=O)O)C2)no1. The zero-order chi connectivity index (χ0) is 17.5. The number of nitrogens with zero attached hydrogens (tertiary/aromatic N) is 2. The molecule has 1 aliphatic heterocycles. The van der Waals surface area contributed by atoms with Gasteiger partial charge in [0.05, 0.1) is 30.6 Å². The average molecular weight is 357 g/mol. The molecule has 2 N–H and O–H groups in total. The summed E-state index contributed by atoms with van der Waals surface area (Å²) in [6, 6.07) is 1.60. The predicted octanol–water partition coefficient (Wildman–Crippen LogP) is 0.357. The number of aromatic nitrogens is 1. The molecule has 0 spiro atoms. The molecule has 0 aromatic carbocycles. The van der Waals surface area contributed by atoms with E-state index >= 15 is 0 Å². The number of morpholine rings is 1. The summed E-state index contributed by atoms with van der Waals surface area (Å²) in [4.78, 5) is 36.1. The topological polar surface area (TPSA) is 122 Å². The van der Waals surface area contributed by atoms with E-state index in [2.05, 4.69) is 10.5 Å². The van der Waals surface area contributed by atoms with E-state index in [0.717, 1.165) is 0 Å². The quantitative estimate of drug-likeness (QED) is 0.717. The van der Waals surface area contributed by atoms with E-state index in [0.29, 0.717) is 24.7 Å². The number of amides is 2. The molecule has 1 saturated heterocycles. The van der Waals surface area contributed by atoms with Crippen molar-refractivity contribution in [3.63, 3.8) is 0 Å². The highest BCUT2D eigenvalue weighted by Gasteiger charge is 2.25. The molecule has 1 fully saturated rings. The van der Waals surface area contributed by atoms with Gasteiger partial charge in [0.25, 0.3) is 0 Å². The van der Waals surface area contributed by atoms with Gasteiger partial charge in [0.15, 0.2) is 5.82 Å². The maximum Gasteiger partial charge on any atom is 0.306 e. The first kappa shape index (κ1) is 18.3. The van der Waals surface area contributed by atoms with Crippen LogP contribution in [0.15, 0.2) is 10.6 Å². The van der Waals surface area contributed by atoms with Crippen LogP contribution in [-0.4, -0.2) is 70.3 Å². The molecule has 1 aliphatic rings. The zero-order valence-electron chi connectivity index (χ0n) is 13.2. The molecule has 1 unspecified atom stereocenters. The lowest BCUT2D eigenvalue weighted by Gasteiger charge is -2.32. The minimum absolute atomic E-state index is 0.112. The number of rotatable bonds is 7. The molecule has 1 aromatic rings.